The van der Waals surface area contributed by atoms with E-state index < -0.39 is 5.91 Å². The summed E-state index contributed by atoms with van der Waals surface area (Å²) in [6, 6.07) is 16.0. The number of hydrogen-bond acceptors (Lipinski definition) is 5. The van der Waals surface area contributed by atoms with E-state index in [0.717, 1.165) is 0 Å². The van der Waals surface area contributed by atoms with Crippen molar-refractivity contribution < 1.29 is 4.79 Å². The van der Waals surface area contributed by atoms with Crippen molar-refractivity contribution in [1.82, 2.24) is 29.9 Å². The van der Waals surface area contributed by atoms with Crippen LogP contribution in [0.25, 0.3) is 16.5 Å². The fourth-order valence-electron chi connectivity index (χ4n) is 3.16. The predicted molar refractivity (Wildman–Crippen MR) is 112 cm³/mol. The molecule has 2 aromatic heterocycles. The van der Waals surface area contributed by atoms with Crippen LogP contribution in [0.2, 0.25) is 0 Å². The molecule has 2 aromatic carbocycles. The second-order valence-electron chi connectivity index (χ2n) is 6.32. The normalized spacial score (nSPS) is 10.9. The largest absolute Gasteiger partial charge is 0.343 e. The second-order valence-corrected chi connectivity index (χ2v) is 6.71. The van der Waals surface area contributed by atoms with Gasteiger partial charge in [0.1, 0.15) is 0 Å². The first-order valence-electron chi connectivity index (χ1n) is 9.10. The quantitative estimate of drug-likeness (QED) is 0.497. The topological polar surface area (TPSA) is 97.6 Å². The Bertz CT molecular complexity index is 1310. The Labute approximate surface area is 170 Å². The van der Waals surface area contributed by atoms with Crippen molar-refractivity contribution >= 4 is 28.9 Å². The summed E-state index contributed by atoms with van der Waals surface area (Å²) in [5.41, 5.74) is 0.473. The van der Waals surface area contributed by atoms with Crippen LogP contribution < -0.4 is 10.9 Å². The molecule has 9 heteroatoms. The molecule has 2 heterocycles. The van der Waals surface area contributed by atoms with E-state index in [-0.39, 0.29) is 17.8 Å². The van der Waals surface area contributed by atoms with Gasteiger partial charge in [0.05, 0.1) is 17.6 Å². The molecule has 0 saturated heterocycles. The van der Waals surface area contributed by atoms with Gasteiger partial charge in [-0.3, -0.25) is 14.7 Å². The number of nitrogens with zero attached hydrogens (tertiary/aromatic N) is 4. The third-order valence-corrected chi connectivity index (χ3v) is 4.89. The number of aromatic nitrogens is 5. The molecular weight excluding hydrogens is 388 g/mol. The van der Waals surface area contributed by atoms with E-state index >= 15 is 0 Å². The lowest BCUT2D eigenvalue weighted by Gasteiger charge is -2.11. The summed E-state index contributed by atoms with van der Waals surface area (Å²) in [4.78, 5) is 25.9. The van der Waals surface area contributed by atoms with Gasteiger partial charge in [-0.1, -0.05) is 36.4 Å². The summed E-state index contributed by atoms with van der Waals surface area (Å²) in [5, 5.41) is 15.0. The fourth-order valence-corrected chi connectivity index (χ4v) is 3.44. The van der Waals surface area contributed by atoms with Crippen molar-refractivity contribution in [3.05, 3.63) is 81.2 Å². The predicted octanol–water partition coefficient (Wildman–Crippen LogP) is 2.59. The first kappa shape index (κ1) is 18.8. The number of nitrogens with one attached hydrogen (secondary N) is 2. The van der Waals surface area contributed by atoms with Crippen LogP contribution in [0, 0.1) is 4.77 Å². The molecule has 0 fully saturated rings. The lowest BCUT2D eigenvalue weighted by atomic mass is 10.1. The number of amides is 1. The molecule has 0 aliphatic carbocycles. The Morgan fingerprint density at radius 3 is 2.52 bits per heavy atom. The molecule has 29 heavy (non-hydrogen) atoms. The molecule has 8 nitrogen and oxygen atoms in total. The van der Waals surface area contributed by atoms with Crippen LogP contribution in [0.1, 0.15) is 23.2 Å². The number of rotatable bonds is 5. The van der Waals surface area contributed by atoms with Gasteiger partial charge in [-0.05, 0) is 37.3 Å². The van der Waals surface area contributed by atoms with Crippen LogP contribution in [-0.2, 0) is 13.1 Å². The van der Waals surface area contributed by atoms with Crippen LogP contribution in [0.4, 0.5) is 0 Å². The van der Waals surface area contributed by atoms with Crippen molar-refractivity contribution in [2.45, 2.75) is 20.0 Å². The van der Waals surface area contributed by atoms with Crippen LogP contribution >= 0.6 is 12.2 Å². The Morgan fingerprint density at radius 2 is 1.79 bits per heavy atom. The third-order valence-electron chi connectivity index (χ3n) is 4.58. The Hall–Kier alpha value is -3.59. The average Bonchev–Trinajstić information content (AvgIpc) is 3.12. The van der Waals surface area contributed by atoms with Gasteiger partial charge >= 0.3 is 0 Å². The van der Waals surface area contributed by atoms with Gasteiger partial charge in [0.2, 0.25) is 0 Å². The van der Waals surface area contributed by atoms with Crippen LogP contribution in [0.15, 0.2) is 59.4 Å². The zero-order valence-electron chi connectivity index (χ0n) is 15.6. The van der Waals surface area contributed by atoms with Crippen LogP contribution in [-0.4, -0.2) is 30.5 Å². The lowest BCUT2D eigenvalue weighted by molar-refractivity contribution is 0.0944. The van der Waals surface area contributed by atoms with E-state index in [1.165, 1.54) is 4.68 Å². The van der Waals surface area contributed by atoms with E-state index in [4.69, 9.17) is 12.2 Å². The summed E-state index contributed by atoms with van der Waals surface area (Å²) in [5.74, 6) is 0.217. The molecule has 2 N–H and O–H groups in total. The highest BCUT2D eigenvalue weighted by Gasteiger charge is 2.18. The molecule has 0 unspecified atom stereocenters. The highest BCUT2D eigenvalue weighted by molar-refractivity contribution is 7.71. The molecule has 0 atom stereocenters. The van der Waals surface area contributed by atoms with Gasteiger partial charge < -0.3 is 9.88 Å². The molecule has 0 radical (unpaired) electrons. The fraction of sp³-hybridized carbons (Fsp3) is 0.150. The van der Waals surface area contributed by atoms with Gasteiger partial charge in [0.15, 0.2) is 16.3 Å². The molecule has 0 aliphatic rings. The summed E-state index contributed by atoms with van der Waals surface area (Å²) < 4.78 is 3.55. The zero-order chi connectivity index (χ0) is 20.4. The van der Waals surface area contributed by atoms with E-state index in [2.05, 4.69) is 20.6 Å². The Balaban J connectivity index is 1.76. The van der Waals surface area contributed by atoms with Crippen molar-refractivity contribution in [1.29, 1.82) is 0 Å². The lowest BCUT2D eigenvalue weighted by Crippen LogP contribution is -2.30. The van der Waals surface area contributed by atoms with Crippen molar-refractivity contribution in [2.24, 2.45) is 0 Å². The standard InChI is InChI=1S/C20H18N6O2S/c1-2-25-16(22-23-20(25)29)12-21-18(27)17-14-10-6-7-11-15(14)19(28)26(24-17)13-8-4-3-5-9-13/h3-11H,2,12H2,1H3,(H,21,27)(H,23,29). The number of aromatic amines is 1. The van der Waals surface area contributed by atoms with Gasteiger partial charge in [0.25, 0.3) is 11.5 Å². The van der Waals surface area contributed by atoms with Crippen LogP contribution in [0.5, 0.6) is 0 Å². The number of carbonyl (C=O) groups excluding carboxylic acids is 1. The molecule has 4 rings (SSSR count). The number of benzene rings is 2. The summed E-state index contributed by atoms with van der Waals surface area (Å²) in [7, 11) is 0. The maximum Gasteiger partial charge on any atom is 0.279 e. The smallest absolute Gasteiger partial charge is 0.279 e. The van der Waals surface area contributed by atoms with E-state index in [1.807, 2.05) is 25.1 Å². The van der Waals surface area contributed by atoms with Gasteiger partial charge in [-0.25, -0.2) is 0 Å². The van der Waals surface area contributed by atoms with Crippen molar-refractivity contribution in [2.75, 3.05) is 0 Å². The molecule has 0 bridgehead atoms. The molecule has 1 amide bonds. The third kappa shape index (κ3) is 3.47. The minimum absolute atomic E-state index is 0.168. The maximum atomic E-state index is 13.0. The van der Waals surface area contributed by atoms with E-state index in [1.54, 1.807) is 41.0 Å². The Kier molecular flexibility index (Phi) is 5.05. The van der Waals surface area contributed by atoms with Gasteiger partial charge in [-0.2, -0.15) is 14.9 Å². The monoisotopic (exact) mass is 406 g/mol. The summed E-state index contributed by atoms with van der Waals surface area (Å²) in [6.07, 6.45) is 0. The minimum Gasteiger partial charge on any atom is -0.343 e. The zero-order valence-corrected chi connectivity index (χ0v) is 16.4. The van der Waals surface area contributed by atoms with E-state index in [9.17, 15) is 9.59 Å². The number of carbonyl (C=O) groups is 1. The summed E-state index contributed by atoms with van der Waals surface area (Å²) >= 11 is 5.18. The first-order valence-corrected chi connectivity index (χ1v) is 9.50. The summed E-state index contributed by atoms with van der Waals surface area (Å²) in [6.45, 7) is 2.77. The van der Waals surface area contributed by atoms with Gasteiger partial charge in [0, 0.05) is 11.9 Å². The maximum absolute atomic E-state index is 13.0. The molecule has 0 spiro atoms. The highest BCUT2D eigenvalue weighted by Crippen LogP contribution is 2.15. The van der Waals surface area contributed by atoms with Crippen molar-refractivity contribution in [3.8, 4) is 5.69 Å². The molecule has 0 aliphatic heterocycles. The number of fused-ring (bicyclic) bond motifs is 1. The SMILES string of the molecule is CCn1c(CNC(=O)c2nn(-c3ccccc3)c(=O)c3ccccc23)n[nH]c1=S. The van der Waals surface area contributed by atoms with Crippen molar-refractivity contribution in [3.63, 3.8) is 0 Å². The average molecular weight is 406 g/mol. The van der Waals surface area contributed by atoms with E-state index in [0.29, 0.717) is 33.6 Å². The Morgan fingerprint density at radius 1 is 1.10 bits per heavy atom. The molecule has 0 saturated carbocycles. The van der Waals surface area contributed by atoms with Crippen LogP contribution in [0.3, 0.4) is 0 Å². The number of H-pyrrole nitrogens is 1. The number of para-hydroxylation sites is 1. The minimum atomic E-state index is -0.401. The van der Waals surface area contributed by atoms with Gasteiger partial charge in [-0.15, -0.1) is 0 Å². The second kappa shape index (κ2) is 7.80. The highest BCUT2D eigenvalue weighted by atomic mass is 32.1. The number of hydrogen-bond donors (Lipinski definition) is 2. The molecular formula is C20H18N6O2S. The molecule has 4 aromatic rings. The first-order chi connectivity index (χ1) is 14.1. The molecule has 146 valence electrons.